The predicted molar refractivity (Wildman–Crippen MR) is 141 cm³/mol. The number of amides is 2. The molecule has 2 amide bonds. The number of hydrogen-bond acceptors (Lipinski definition) is 2. The van der Waals surface area contributed by atoms with E-state index in [1.165, 1.54) is 0 Å². The number of nitrogens with one attached hydrogen (secondary N) is 2. The van der Waals surface area contributed by atoms with Crippen LogP contribution in [-0.2, 0) is 27.7 Å². The predicted octanol–water partition coefficient (Wildman–Crippen LogP) is 6.57. The molecule has 1 heterocycles. The fourth-order valence-electron chi connectivity index (χ4n) is 4.20. The number of fused-ring (bicyclic) bond motifs is 1. The lowest BCUT2D eigenvalue weighted by atomic mass is 9.82. The van der Waals surface area contributed by atoms with Crippen LogP contribution in [0.15, 0.2) is 42.5 Å². The summed E-state index contributed by atoms with van der Waals surface area (Å²) >= 11 is 0. The molecule has 0 atom stereocenters. The topological polar surface area (TPSA) is 63.1 Å². The van der Waals surface area contributed by atoms with E-state index in [1.807, 2.05) is 41.5 Å². The van der Waals surface area contributed by atoms with Gasteiger partial charge in [0.25, 0.3) is 0 Å². The summed E-state index contributed by atoms with van der Waals surface area (Å²) in [5.41, 5.74) is -1.52. The van der Waals surface area contributed by atoms with E-state index in [9.17, 15) is 27.2 Å². The van der Waals surface area contributed by atoms with Gasteiger partial charge in [-0.25, -0.2) is 4.39 Å². The molecule has 3 rings (SSSR count). The number of alkyl halides is 3. The number of carbonyl (C=O) groups excluding carboxylic acids is 2. The Hall–Kier alpha value is -3.36. The van der Waals surface area contributed by atoms with Crippen molar-refractivity contribution >= 4 is 22.7 Å². The molecule has 0 aliphatic heterocycles. The van der Waals surface area contributed by atoms with Crippen molar-refractivity contribution in [1.29, 1.82) is 0 Å². The third-order valence-electron chi connectivity index (χ3n) is 6.02. The lowest BCUT2D eigenvalue weighted by molar-refractivity contribution is -0.137. The molecule has 0 saturated heterocycles. The minimum atomic E-state index is -4.74. The summed E-state index contributed by atoms with van der Waals surface area (Å²) in [7, 11) is 0. The lowest BCUT2D eigenvalue weighted by Crippen LogP contribution is -2.48. The van der Waals surface area contributed by atoms with Crippen molar-refractivity contribution < 1.29 is 27.2 Å². The van der Waals surface area contributed by atoms with Crippen LogP contribution in [0.2, 0.25) is 0 Å². The van der Waals surface area contributed by atoms with Gasteiger partial charge in [0.15, 0.2) is 0 Å². The minimum absolute atomic E-state index is 0.0108. The summed E-state index contributed by atoms with van der Waals surface area (Å²) in [5, 5.41) is 6.44. The summed E-state index contributed by atoms with van der Waals surface area (Å²) in [6, 6.07) is 9.23. The van der Waals surface area contributed by atoms with Gasteiger partial charge in [0, 0.05) is 33.2 Å². The van der Waals surface area contributed by atoms with Gasteiger partial charge in [-0.3, -0.25) is 9.59 Å². The molecule has 0 unspecified atom stereocenters. The summed E-state index contributed by atoms with van der Waals surface area (Å²) in [6.07, 6.45) is -4.74. The highest BCUT2D eigenvalue weighted by Gasteiger charge is 2.34. The molecule has 0 spiro atoms. The summed E-state index contributed by atoms with van der Waals surface area (Å²) in [6.45, 7) is 14.5. The Kier molecular flexibility index (Phi) is 7.49. The van der Waals surface area contributed by atoms with E-state index in [-0.39, 0.29) is 29.6 Å². The van der Waals surface area contributed by atoms with Crippen LogP contribution in [0.3, 0.4) is 0 Å². The van der Waals surface area contributed by atoms with Crippen LogP contribution in [0.1, 0.15) is 66.5 Å². The van der Waals surface area contributed by atoms with Gasteiger partial charge < -0.3 is 15.2 Å². The number of aromatic nitrogens is 1. The molecule has 5 nitrogen and oxygen atoms in total. The Balaban J connectivity index is 2.20. The highest BCUT2D eigenvalue weighted by atomic mass is 19.4. The lowest BCUT2D eigenvalue weighted by Gasteiger charge is -2.30. The molecule has 0 saturated carbocycles. The number of nitrogens with zero attached hydrogens (tertiary/aromatic N) is 1. The zero-order valence-corrected chi connectivity index (χ0v) is 23.0. The number of halogens is 4. The Morgan fingerprint density at radius 1 is 0.789 bits per heavy atom. The zero-order chi connectivity index (χ0) is 28.8. The van der Waals surface area contributed by atoms with Gasteiger partial charge in [0.1, 0.15) is 12.4 Å². The normalized spacial score (nSPS) is 13.1. The average Bonchev–Trinajstić information content (AvgIpc) is 3.07. The Labute approximate surface area is 220 Å². The van der Waals surface area contributed by atoms with Crippen molar-refractivity contribution in [3.63, 3.8) is 0 Å². The molecule has 0 aliphatic carbocycles. The summed E-state index contributed by atoms with van der Waals surface area (Å²) < 4.78 is 56.3. The summed E-state index contributed by atoms with van der Waals surface area (Å²) in [4.78, 5) is 25.9. The Morgan fingerprint density at radius 2 is 1.39 bits per heavy atom. The first kappa shape index (κ1) is 29.2. The maximum Gasteiger partial charge on any atom is 0.416 e. The highest BCUT2D eigenvalue weighted by Crippen LogP contribution is 2.36. The first-order valence-electron chi connectivity index (χ1n) is 12.3. The zero-order valence-electron chi connectivity index (χ0n) is 23.0. The second-order valence-corrected chi connectivity index (χ2v) is 12.2. The number of rotatable bonds is 5. The van der Waals surface area contributed by atoms with Crippen LogP contribution in [0.5, 0.6) is 0 Å². The first-order chi connectivity index (χ1) is 17.2. The second-order valence-electron chi connectivity index (χ2n) is 12.2. The van der Waals surface area contributed by atoms with Gasteiger partial charge in [-0.2, -0.15) is 13.2 Å². The van der Waals surface area contributed by atoms with Crippen LogP contribution in [0, 0.1) is 5.82 Å². The van der Waals surface area contributed by atoms with E-state index in [2.05, 4.69) is 10.6 Å². The van der Waals surface area contributed by atoms with Gasteiger partial charge in [0.2, 0.25) is 11.8 Å². The second kappa shape index (κ2) is 9.75. The van der Waals surface area contributed by atoms with Crippen molar-refractivity contribution in [2.45, 2.75) is 84.6 Å². The van der Waals surface area contributed by atoms with Gasteiger partial charge >= 0.3 is 6.18 Å². The molecular weight excluding hydrogens is 498 g/mol. The molecule has 0 radical (unpaired) electrons. The van der Waals surface area contributed by atoms with E-state index in [1.54, 1.807) is 42.7 Å². The number of hydrogen-bond donors (Lipinski definition) is 2. The molecule has 2 aromatic carbocycles. The molecule has 1 aromatic heterocycles. The van der Waals surface area contributed by atoms with Crippen LogP contribution in [0.25, 0.3) is 22.2 Å². The average molecular weight is 534 g/mol. The number of benzene rings is 2. The third-order valence-corrected chi connectivity index (χ3v) is 6.02. The van der Waals surface area contributed by atoms with Gasteiger partial charge in [0.05, 0.1) is 11.0 Å². The fourth-order valence-corrected chi connectivity index (χ4v) is 4.20. The molecule has 38 heavy (non-hydrogen) atoms. The quantitative estimate of drug-likeness (QED) is 0.364. The van der Waals surface area contributed by atoms with E-state index < -0.39 is 34.0 Å². The SMILES string of the molecule is CC(C)(C)NC(=O)Cn1c(-c2cc(F)cc(C(F)(F)F)c2)cc2cc(C(C)(C)C(=O)NC(C)(C)C)ccc21. The highest BCUT2D eigenvalue weighted by molar-refractivity contribution is 5.93. The molecule has 2 N–H and O–H groups in total. The summed E-state index contributed by atoms with van der Waals surface area (Å²) in [5.74, 6) is -1.57. The van der Waals surface area contributed by atoms with E-state index in [0.29, 0.717) is 22.5 Å². The van der Waals surface area contributed by atoms with E-state index in [0.717, 1.165) is 12.1 Å². The van der Waals surface area contributed by atoms with Crippen LogP contribution in [-0.4, -0.2) is 27.5 Å². The molecule has 3 aromatic rings. The molecule has 0 fully saturated rings. The van der Waals surface area contributed by atoms with Gasteiger partial charge in [-0.05, 0) is 97.4 Å². The van der Waals surface area contributed by atoms with Crippen molar-refractivity contribution in [3.8, 4) is 11.3 Å². The minimum Gasteiger partial charge on any atom is -0.351 e. The van der Waals surface area contributed by atoms with E-state index >= 15 is 0 Å². The Bertz CT molecular complexity index is 1370. The smallest absolute Gasteiger partial charge is 0.351 e. The number of carbonyl (C=O) groups is 2. The van der Waals surface area contributed by atoms with E-state index in [4.69, 9.17) is 0 Å². The van der Waals surface area contributed by atoms with Crippen molar-refractivity contribution in [2.24, 2.45) is 0 Å². The molecule has 206 valence electrons. The standard InChI is InChI=1S/C29H35F4N3O2/c1-26(2,3)34-24(37)16-36-22-10-9-19(28(7,8)25(38)35-27(4,5)6)11-18(22)14-23(36)17-12-20(29(31,32)33)15-21(30)13-17/h9-15H,16H2,1-8H3,(H,34,37)(H,35,38). The third kappa shape index (κ3) is 6.74. The maximum absolute atomic E-state index is 14.3. The molecule has 0 aliphatic rings. The Morgan fingerprint density at radius 3 is 1.95 bits per heavy atom. The fraction of sp³-hybridized carbons (Fsp3) is 0.448. The van der Waals surface area contributed by atoms with Crippen molar-refractivity contribution in [3.05, 3.63) is 59.4 Å². The maximum atomic E-state index is 14.3. The van der Waals surface area contributed by atoms with Crippen LogP contribution >= 0.6 is 0 Å². The van der Waals surface area contributed by atoms with Crippen molar-refractivity contribution in [1.82, 2.24) is 15.2 Å². The molecule has 0 bridgehead atoms. The largest absolute Gasteiger partial charge is 0.416 e. The molecule has 9 heteroatoms. The van der Waals surface area contributed by atoms with Crippen LogP contribution in [0.4, 0.5) is 17.6 Å². The van der Waals surface area contributed by atoms with Crippen LogP contribution < -0.4 is 10.6 Å². The van der Waals surface area contributed by atoms with Gasteiger partial charge in [-0.15, -0.1) is 0 Å². The monoisotopic (exact) mass is 533 g/mol. The van der Waals surface area contributed by atoms with Gasteiger partial charge in [-0.1, -0.05) is 6.07 Å². The van der Waals surface area contributed by atoms with Crippen molar-refractivity contribution in [2.75, 3.05) is 0 Å². The molecular formula is C29H35F4N3O2. The first-order valence-corrected chi connectivity index (χ1v) is 12.3.